The molecule has 1 aromatic rings. The van der Waals surface area contributed by atoms with Crippen LogP contribution in [0.15, 0.2) is 6.08 Å². The van der Waals surface area contributed by atoms with Crippen molar-refractivity contribution in [2.75, 3.05) is 0 Å². The smallest absolute Gasteiger partial charge is 0.206 e. The maximum absolute atomic E-state index is 14.2. The summed E-state index contributed by atoms with van der Waals surface area (Å²) in [6.45, 7) is 0. The first-order chi connectivity index (χ1) is 15.2. The first-order valence-electron chi connectivity index (χ1n) is 7.71. The average Bonchev–Trinajstić information content (AvgIpc) is 2.68. The minimum Gasteiger partial charge on any atom is -0.206 e. The summed E-state index contributed by atoms with van der Waals surface area (Å²) >= 11 is 0. The molecule has 1 rings (SSSR count). The highest BCUT2D eigenvalue weighted by atomic mass is 19.4. The summed E-state index contributed by atoms with van der Waals surface area (Å²) in [6.07, 6.45) is -14.5. The van der Waals surface area contributed by atoms with E-state index in [4.69, 9.17) is 0 Å². The van der Waals surface area contributed by atoms with Crippen molar-refractivity contribution in [2.45, 2.75) is 42.2 Å². The molecule has 0 saturated carbocycles. The largest absolute Gasteiger partial charge is 0.460 e. The van der Waals surface area contributed by atoms with E-state index >= 15 is 0 Å². The van der Waals surface area contributed by atoms with Gasteiger partial charge in [-0.05, 0) is 6.08 Å². The van der Waals surface area contributed by atoms with Crippen molar-refractivity contribution >= 4 is 5.57 Å². The molecule has 0 bridgehead atoms. The lowest BCUT2D eigenvalue weighted by molar-refractivity contribution is -0.435. The number of hydrogen-bond acceptors (Lipinski definition) is 0. The standard InChI is InChI=1S/C15H2F20/c16-3(17)1-2(4-5(18)7(20)9(22)8(21)6(4)19)10(23,24)11(25,26)12(27,28)13(29,30)14(31,32)15(33,34)35/h1,3H/b2-1-. The molecule has 0 aliphatic rings. The average molecular weight is 562 g/mol. The molecule has 0 aliphatic heterocycles. The van der Waals surface area contributed by atoms with Crippen molar-refractivity contribution in [1.29, 1.82) is 0 Å². The van der Waals surface area contributed by atoms with Gasteiger partial charge in [0.1, 0.15) is 0 Å². The number of allylic oxidation sites excluding steroid dienone is 2. The number of halogens is 20. The van der Waals surface area contributed by atoms with Gasteiger partial charge in [0.05, 0.1) is 5.56 Å². The Morgan fingerprint density at radius 3 is 1.11 bits per heavy atom. The Labute approximate surface area is 177 Å². The highest BCUT2D eigenvalue weighted by molar-refractivity contribution is 5.73. The topological polar surface area (TPSA) is 0 Å². The van der Waals surface area contributed by atoms with Crippen LogP contribution in [-0.4, -0.2) is 42.2 Å². The number of benzene rings is 1. The fourth-order valence-corrected chi connectivity index (χ4v) is 2.25. The quantitative estimate of drug-likeness (QED) is 0.181. The lowest BCUT2D eigenvalue weighted by Crippen LogP contribution is -2.70. The summed E-state index contributed by atoms with van der Waals surface area (Å²) in [6, 6.07) is 0. The molecule has 0 unspecified atom stereocenters. The van der Waals surface area contributed by atoms with Gasteiger partial charge in [0.15, 0.2) is 23.3 Å². The molecule has 20 heteroatoms. The Hall–Kier alpha value is -2.44. The number of alkyl halides is 15. The zero-order valence-electron chi connectivity index (χ0n) is 15.2. The van der Waals surface area contributed by atoms with Crippen LogP contribution < -0.4 is 0 Å². The Morgan fingerprint density at radius 1 is 0.486 bits per heavy atom. The molecular weight excluding hydrogens is 560 g/mol. The predicted octanol–water partition coefficient (Wildman–Crippen LogP) is 7.77. The third-order valence-corrected chi connectivity index (χ3v) is 4.04. The second kappa shape index (κ2) is 8.59. The molecule has 0 aromatic heterocycles. The summed E-state index contributed by atoms with van der Waals surface area (Å²) in [4.78, 5) is 0. The third-order valence-electron chi connectivity index (χ3n) is 4.04. The minimum atomic E-state index is -8.59. The van der Waals surface area contributed by atoms with E-state index in [0.29, 0.717) is 0 Å². The van der Waals surface area contributed by atoms with E-state index in [1.54, 1.807) is 0 Å². The number of hydrogen-bond donors (Lipinski definition) is 0. The summed E-state index contributed by atoms with van der Waals surface area (Å²) < 4.78 is 263. The lowest BCUT2D eigenvalue weighted by Gasteiger charge is -2.40. The molecule has 0 N–H and O–H groups in total. The van der Waals surface area contributed by atoms with Crippen molar-refractivity contribution in [1.82, 2.24) is 0 Å². The van der Waals surface area contributed by atoms with Gasteiger partial charge in [-0.15, -0.1) is 0 Å². The Morgan fingerprint density at radius 2 is 0.800 bits per heavy atom. The van der Waals surface area contributed by atoms with Crippen molar-refractivity contribution in [2.24, 2.45) is 0 Å². The van der Waals surface area contributed by atoms with E-state index in [9.17, 15) is 87.8 Å². The van der Waals surface area contributed by atoms with Gasteiger partial charge >= 0.3 is 35.8 Å². The van der Waals surface area contributed by atoms with E-state index in [1.165, 1.54) is 0 Å². The molecule has 0 heterocycles. The Bertz CT molecular complexity index is 968. The van der Waals surface area contributed by atoms with E-state index in [1.807, 2.05) is 0 Å². The normalized spacial score (nSPS) is 15.3. The van der Waals surface area contributed by atoms with Crippen LogP contribution in [0.5, 0.6) is 0 Å². The second-order valence-electron chi connectivity index (χ2n) is 6.23. The van der Waals surface area contributed by atoms with E-state index < -0.39 is 88.5 Å². The third kappa shape index (κ3) is 4.25. The molecule has 0 nitrogen and oxygen atoms in total. The van der Waals surface area contributed by atoms with Gasteiger partial charge in [-0.25, -0.2) is 30.7 Å². The minimum absolute atomic E-state index is 1.91. The van der Waals surface area contributed by atoms with Crippen LogP contribution in [0.3, 0.4) is 0 Å². The Balaban J connectivity index is 4.06. The van der Waals surface area contributed by atoms with E-state index in [0.717, 1.165) is 0 Å². The number of rotatable bonds is 7. The maximum Gasteiger partial charge on any atom is 0.460 e. The second-order valence-corrected chi connectivity index (χ2v) is 6.23. The predicted molar refractivity (Wildman–Crippen MR) is 71.0 cm³/mol. The van der Waals surface area contributed by atoms with Crippen LogP contribution in [0.1, 0.15) is 5.56 Å². The molecule has 0 aliphatic carbocycles. The summed E-state index contributed by atoms with van der Waals surface area (Å²) in [5, 5.41) is 0. The van der Waals surface area contributed by atoms with Crippen LogP contribution in [0, 0.1) is 29.1 Å². The van der Waals surface area contributed by atoms with Gasteiger partial charge in [0.2, 0.25) is 5.82 Å². The van der Waals surface area contributed by atoms with Crippen LogP contribution in [0.25, 0.3) is 5.57 Å². The Kier molecular flexibility index (Phi) is 7.51. The lowest BCUT2D eigenvalue weighted by atomic mass is 9.87. The van der Waals surface area contributed by atoms with Crippen molar-refractivity contribution in [3.8, 4) is 0 Å². The molecule has 0 amide bonds. The van der Waals surface area contributed by atoms with Gasteiger partial charge in [-0.2, -0.15) is 57.1 Å². The monoisotopic (exact) mass is 562 g/mol. The SMILES string of the molecule is Fc1c(F)c(F)c(/C(=C/C(F)F)C(F)(F)C(F)(F)C(F)(F)C(F)(F)C(F)(F)C(F)(F)F)c(F)c1F. The zero-order chi connectivity index (χ0) is 28.3. The van der Waals surface area contributed by atoms with Crippen molar-refractivity contribution in [3.63, 3.8) is 0 Å². The molecule has 0 fully saturated rings. The van der Waals surface area contributed by atoms with E-state index in [-0.39, 0.29) is 0 Å². The molecule has 0 spiro atoms. The van der Waals surface area contributed by atoms with Crippen LogP contribution in [-0.2, 0) is 0 Å². The fraction of sp³-hybridized carbons (Fsp3) is 0.467. The summed E-state index contributed by atoms with van der Waals surface area (Å²) in [5.41, 5.74) is -7.58. The fourth-order valence-electron chi connectivity index (χ4n) is 2.25. The van der Waals surface area contributed by atoms with Gasteiger partial charge in [-0.1, -0.05) is 0 Å². The van der Waals surface area contributed by atoms with Gasteiger partial charge in [0, 0.05) is 5.57 Å². The van der Waals surface area contributed by atoms with Crippen LogP contribution in [0.2, 0.25) is 0 Å². The molecule has 0 atom stereocenters. The molecule has 1 aromatic carbocycles. The maximum atomic E-state index is 14.2. The molecule has 0 radical (unpaired) electrons. The van der Waals surface area contributed by atoms with Crippen molar-refractivity contribution < 1.29 is 87.8 Å². The molecule has 202 valence electrons. The first-order valence-corrected chi connectivity index (χ1v) is 7.71. The molecule has 35 heavy (non-hydrogen) atoms. The van der Waals surface area contributed by atoms with Crippen LogP contribution >= 0.6 is 0 Å². The van der Waals surface area contributed by atoms with E-state index in [2.05, 4.69) is 0 Å². The first kappa shape index (κ1) is 30.6. The highest BCUT2D eigenvalue weighted by Gasteiger charge is 2.91. The zero-order valence-corrected chi connectivity index (χ0v) is 15.2. The molecular formula is C15H2F20. The summed E-state index contributed by atoms with van der Waals surface area (Å²) in [7, 11) is 0. The molecule has 0 saturated heterocycles. The van der Waals surface area contributed by atoms with Gasteiger partial charge in [0.25, 0.3) is 6.43 Å². The highest BCUT2D eigenvalue weighted by Crippen LogP contribution is 2.62. The van der Waals surface area contributed by atoms with Gasteiger partial charge in [-0.3, -0.25) is 0 Å². The van der Waals surface area contributed by atoms with Gasteiger partial charge < -0.3 is 0 Å². The summed E-state index contributed by atoms with van der Waals surface area (Å²) in [5.74, 6) is -58.8. The van der Waals surface area contributed by atoms with Crippen molar-refractivity contribution in [3.05, 3.63) is 40.7 Å². The van der Waals surface area contributed by atoms with Crippen LogP contribution in [0.4, 0.5) is 87.8 Å².